The van der Waals surface area contributed by atoms with E-state index in [1.807, 2.05) is 0 Å². The number of nitrogens with zero attached hydrogens (tertiary/aromatic N) is 1. The van der Waals surface area contributed by atoms with Gasteiger partial charge in [-0.15, -0.1) is 0 Å². The van der Waals surface area contributed by atoms with Crippen molar-refractivity contribution in [3.8, 4) is 0 Å². The maximum Gasteiger partial charge on any atom is 1.00 e. The fourth-order valence-electron chi connectivity index (χ4n) is 1.60. The van der Waals surface area contributed by atoms with Crippen LogP contribution in [-0.2, 0) is 0 Å². The maximum atomic E-state index is 2.16. The molecule has 68 valence electrons. The first-order valence-electron chi connectivity index (χ1n) is 4.44. The van der Waals surface area contributed by atoms with E-state index in [0.29, 0.717) is 0 Å². The first-order valence-corrected chi connectivity index (χ1v) is 4.44. The Hall–Kier alpha value is -0.500. The Balaban J connectivity index is 0.000000980. The van der Waals surface area contributed by atoms with E-state index in [1.165, 1.54) is 16.5 Å². The van der Waals surface area contributed by atoms with Crippen LogP contribution in [0.25, 0.3) is 10.8 Å². The summed E-state index contributed by atoms with van der Waals surface area (Å²) in [5.41, 5.74) is 1.28. The summed E-state index contributed by atoms with van der Waals surface area (Å²) in [6.45, 7) is 0. The molecule has 0 radical (unpaired) electrons. The van der Waals surface area contributed by atoms with Crippen molar-refractivity contribution in [1.82, 2.24) is 0 Å². The number of rotatable bonds is 1. The van der Waals surface area contributed by atoms with Crippen LogP contribution in [0.2, 0.25) is 0 Å². The third-order valence-corrected chi connectivity index (χ3v) is 2.25. The smallest absolute Gasteiger partial charge is 1.00 e. The van der Waals surface area contributed by atoms with Crippen molar-refractivity contribution in [2.45, 2.75) is 0 Å². The van der Waals surface area contributed by atoms with E-state index >= 15 is 0 Å². The summed E-state index contributed by atoms with van der Waals surface area (Å²) in [5.74, 6) is 0. The van der Waals surface area contributed by atoms with Crippen LogP contribution >= 0.6 is 0 Å². The molecule has 0 saturated carbocycles. The molecular formula is C12H14NNa. The van der Waals surface area contributed by atoms with Gasteiger partial charge < -0.3 is 6.33 Å². The number of fused-ring (bicyclic) bond motifs is 1. The maximum absolute atomic E-state index is 2.16. The molecule has 14 heavy (non-hydrogen) atoms. The van der Waals surface area contributed by atoms with Gasteiger partial charge in [0, 0.05) is 25.2 Å². The Morgan fingerprint density at radius 2 is 1.57 bits per heavy atom. The van der Waals surface area contributed by atoms with Gasteiger partial charge in [-0.05, 0) is 11.5 Å². The monoisotopic (exact) mass is 195 g/mol. The zero-order valence-corrected chi connectivity index (χ0v) is 11.0. The van der Waals surface area contributed by atoms with E-state index in [2.05, 4.69) is 61.5 Å². The number of anilines is 1. The minimum atomic E-state index is 0. The molecule has 0 bridgehead atoms. The van der Waals surface area contributed by atoms with Crippen LogP contribution < -0.4 is 34.5 Å². The van der Waals surface area contributed by atoms with Crippen LogP contribution in [0.5, 0.6) is 0 Å². The van der Waals surface area contributed by atoms with E-state index in [0.717, 1.165) is 0 Å². The summed E-state index contributed by atoms with van der Waals surface area (Å²) in [6.07, 6.45) is 0. The summed E-state index contributed by atoms with van der Waals surface area (Å²) in [7, 11) is 4.14. The van der Waals surface area contributed by atoms with E-state index in [4.69, 9.17) is 0 Å². The first-order chi connectivity index (χ1) is 6.29. The van der Waals surface area contributed by atoms with E-state index in [-0.39, 0.29) is 31.0 Å². The molecule has 0 saturated heterocycles. The van der Waals surface area contributed by atoms with Gasteiger partial charge in [0.2, 0.25) is 0 Å². The largest absolute Gasteiger partial charge is 1.00 e. The Bertz CT molecular complexity index is 423. The molecule has 0 aliphatic rings. The predicted octanol–water partition coefficient (Wildman–Crippen LogP) is 0.0223. The number of hydrogen-bond donors (Lipinski definition) is 0. The number of benzene rings is 2. The molecule has 0 unspecified atom stereocenters. The molecular weight excluding hydrogens is 181 g/mol. The second-order valence-electron chi connectivity index (χ2n) is 3.39. The Labute approximate surface area is 109 Å². The van der Waals surface area contributed by atoms with Crippen molar-refractivity contribution in [2.75, 3.05) is 19.0 Å². The molecule has 0 N–H and O–H groups in total. The van der Waals surface area contributed by atoms with Crippen molar-refractivity contribution < 1.29 is 31.0 Å². The fraction of sp³-hybridized carbons (Fsp3) is 0.167. The fourth-order valence-corrected chi connectivity index (χ4v) is 1.60. The van der Waals surface area contributed by atoms with Gasteiger partial charge in [0.15, 0.2) is 0 Å². The molecule has 0 aliphatic carbocycles. The van der Waals surface area contributed by atoms with Crippen LogP contribution in [0.3, 0.4) is 0 Å². The van der Waals surface area contributed by atoms with Crippen LogP contribution in [0.4, 0.5) is 5.69 Å². The minimum Gasteiger partial charge on any atom is -1.00 e. The van der Waals surface area contributed by atoms with E-state index in [9.17, 15) is 0 Å². The summed E-state index contributed by atoms with van der Waals surface area (Å²) >= 11 is 0. The van der Waals surface area contributed by atoms with Gasteiger partial charge in [0.05, 0.1) is 0 Å². The van der Waals surface area contributed by atoms with Gasteiger partial charge in [-0.3, -0.25) is 0 Å². The molecule has 0 spiro atoms. The SMILES string of the molecule is CN(C)c1cccc2ccccc12.[H-].[Na+]. The summed E-state index contributed by atoms with van der Waals surface area (Å²) in [5, 5.41) is 2.61. The van der Waals surface area contributed by atoms with Gasteiger partial charge in [0.1, 0.15) is 0 Å². The second kappa shape index (κ2) is 4.83. The molecule has 0 amide bonds. The quantitative estimate of drug-likeness (QED) is 0.580. The van der Waals surface area contributed by atoms with Gasteiger partial charge in [-0.2, -0.15) is 0 Å². The minimum absolute atomic E-state index is 0. The summed E-state index contributed by atoms with van der Waals surface area (Å²) in [6, 6.07) is 14.8. The van der Waals surface area contributed by atoms with E-state index in [1.54, 1.807) is 0 Å². The topological polar surface area (TPSA) is 3.24 Å². The molecule has 1 nitrogen and oxygen atoms in total. The zero-order chi connectivity index (χ0) is 9.26. The Morgan fingerprint density at radius 1 is 0.929 bits per heavy atom. The van der Waals surface area contributed by atoms with Crippen LogP contribution in [0, 0.1) is 0 Å². The van der Waals surface area contributed by atoms with E-state index < -0.39 is 0 Å². The molecule has 2 aromatic carbocycles. The molecule has 2 rings (SSSR count). The van der Waals surface area contributed by atoms with Crippen LogP contribution in [0.1, 0.15) is 1.43 Å². The third kappa shape index (κ3) is 2.11. The van der Waals surface area contributed by atoms with Crippen molar-refractivity contribution in [3.05, 3.63) is 42.5 Å². The van der Waals surface area contributed by atoms with Gasteiger partial charge in [0.25, 0.3) is 0 Å². The van der Waals surface area contributed by atoms with Gasteiger partial charge in [-0.25, -0.2) is 0 Å². The third-order valence-electron chi connectivity index (χ3n) is 2.25. The first kappa shape index (κ1) is 11.6. The van der Waals surface area contributed by atoms with Gasteiger partial charge in [-0.1, -0.05) is 36.4 Å². The van der Waals surface area contributed by atoms with Crippen molar-refractivity contribution in [2.24, 2.45) is 0 Å². The molecule has 0 atom stereocenters. The van der Waals surface area contributed by atoms with Gasteiger partial charge >= 0.3 is 29.6 Å². The van der Waals surface area contributed by atoms with Crippen LogP contribution in [-0.4, -0.2) is 14.1 Å². The Morgan fingerprint density at radius 3 is 2.29 bits per heavy atom. The van der Waals surface area contributed by atoms with Crippen molar-refractivity contribution >= 4 is 16.5 Å². The molecule has 0 aromatic heterocycles. The van der Waals surface area contributed by atoms with Crippen molar-refractivity contribution in [3.63, 3.8) is 0 Å². The zero-order valence-electron chi connectivity index (χ0n) is 9.99. The normalized spacial score (nSPS) is 9.57. The number of hydrogen-bond acceptors (Lipinski definition) is 1. The molecule has 2 heteroatoms. The average molecular weight is 195 g/mol. The molecule has 0 heterocycles. The summed E-state index contributed by atoms with van der Waals surface area (Å²) < 4.78 is 0. The molecule has 0 fully saturated rings. The second-order valence-corrected chi connectivity index (χ2v) is 3.39. The average Bonchev–Trinajstić information content (AvgIpc) is 2.17. The van der Waals surface area contributed by atoms with Crippen molar-refractivity contribution in [1.29, 1.82) is 0 Å². The standard InChI is InChI=1S/C12H13N.Na.H/c1-13(2)12-9-5-7-10-6-3-4-8-11(10)12;;/h3-9H,1-2H3;;/q;+1;-1. The molecule has 2 aromatic rings. The Kier molecular flexibility index (Phi) is 3.99. The van der Waals surface area contributed by atoms with Crippen LogP contribution in [0.15, 0.2) is 42.5 Å². The molecule has 0 aliphatic heterocycles. The predicted molar refractivity (Wildman–Crippen MR) is 59.4 cm³/mol. The summed E-state index contributed by atoms with van der Waals surface area (Å²) in [4.78, 5) is 2.14.